The quantitative estimate of drug-likeness (QED) is 0.266. The second-order valence-corrected chi connectivity index (χ2v) is 7.15. The van der Waals surface area contributed by atoms with Crippen LogP contribution in [0.1, 0.15) is 39.2 Å². The number of nitrogens with zero attached hydrogens (tertiary/aromatic N) is 2. The van der Waals surface area contributed by atoms with E-state index in [2.05, 4.69) is 43.0 Å². The third-order valence-electron chi connectivity index (χ3n) is 3.53. The predicted octanol–water partition coefficient (Wildman–Crippen LogP) is 3.52. The molecule has 1 fully saturated rings. The summed E-state index contributed by atoms with van der Waals surface area (Å²) in [5, 5.41) is 12.4. The van der Waals surface area contributed by atoms with Crippen LogP contribution in [0.4, 0.5) is 5.69 Å². The minimum Gasteiger partial charge on any atom is -0.409 e. The van der Waals surface area contributed by atoms with Crippen LogP contribution in [0.25, 0.3) is 0 Å². The summed E-state index contributed by atoms with van der Waals surface area (Å²) in [7, 11) is 0. The van der Waals surface area contributed by atoms with Crippen LogP contribution in [0.3, 0.4) is 0 Å². The van der Waals surface area contributed by atoms with Gasteiger partial charge in [-0.25, -0.2) is 0 Å². The molecule has 0 heterocycles. The lowest BCUT2D eigenvalue weighted by Gasteiger charge is -2.29. The van der Waals surface area contributed by atoms with Crippen LogP contribution in [-0.4, -0.2) is 29.4 Å². The number of amidine groups is 1. The normalized spacial score (nSPS) is 15.5. The summed E-state index contributed by atoms with van der Waals surface area (Å²) in [6.45, 7) is 7.56. The van der Waals surface area contributed by atoms with Crippen molar-refractivity contribution in [1.29, 1.82) is 0 Å². The molecule has 0 radical (unpaired) electrons. The van der Waals surface area contributed by atoms with E-state index in [1.807, 2.05) is 6.07 Å². The Morgan fingerprint density at radius 1 is 1.48 bits per heavy atom. The number of rotatable bonds is 7. The average Bonchev–Trinajstić information content (AvgIpc) is 3.28. The van der Waals surface area contributed by atoms with Crippen LogP contribution in [0.15, 0.2) is 28.3 Å². The minimum absolute atomic E-state index is 0.205. The molecule has 0 amide bonds. The third-order valence-corrected chi connectivity index (χ3v) is 4.47. The van der Waals surface area contributed by atoms with E-state index >= 15 is 0 Å². The molecule has 0 aromatic heterocycles. The zero-order chi connectivity index (χ0) is 15.4. The number of oxime groups is 1. The smallest absolute Gasteiger partial charge is 0.173 e. The van der Waals surface area contributed by atoms with Gasteiger partial charge < -0.3 is 15.8 Å². The topological polar surface area (TPSA) is 61.8 Å². The first-order valence-corrected chi connectivity index (χ1v) is 8.57. The molecule has 0 atom stereocenters. The van der Waals surface area contributed by atoms with E-state index in [1.165, 1.54) is 12.8 Å². The first-order chi connectivity index (χ1) is 10.1. The van der Waals surface area contributed by atoms with E-state index in [0.29, 0.717) is 12.0 Å². The highest BCUT2D eigenvalue weighted by Gasteiger charge is 2.32. The van der Waals surface area contributed by atoms with E-state index in [1.54, 1.807) is 11.8 Å². The Bertz CT molecular complexity index is 512. The van der Waals surface area contributed by atoms with Gasteiger partial charge in [0, 0.05) is 23.2 Å². The number of thioether (sulfide) groups is 1. The van der Waals surface area contributed by atoms with Gasteiger partial charge in [-0.3, -0.25) is 0 Å². The van der Waals surface area contributed by atoms with E-state index in [4.69, 9.17) is 10.9 Å². The van der Waals surface area contributed by atoms with Gasteiger partial charge in [-0.15, -0.1) is 11.8 Å². The number of hydrogen-bond acceptors (Lipinski definition) is 4. The molecule has 1 aromatic carbocycles. The second kappa shape index (κ2) is 7.07. The van der Waals surface area contributed by atoms with Crippen molar-refractivity contribution >= 4 is 23.3 Å². The highest BCUT2D eigenvalue weighted by molar-refractivity contribution is 7.99. The lowest BCUT2D eigenvalue weighted by molar-refractivity contribution is 0.318. The van der Waals surface area contributed by atoms with Crippen molar-refractivity contribution in [1.82, 2.24) is 0 Å². The maximum atomic E-state index is 9.16. The fraction of sp³-hybridized carbons (Fsp3) is 0.562. The summed E-state index contributed by atoms with van der Waals surface area (Å²) in [4.78, 5) is 3.51. The van der Waals surface area contributed by atoms with Gasteiger partial charge in [0.2, 0.25) is 0 Å². The monoisotopic (exact) mass is 307 g/mol. The first-order valence-electron chi connectivity index (χ1n) is 7.58. The molecule has 0 bridgehead atoms. The lowest BCUT2D eigenvalue weighted by atomic mass is 10.1. The van der Waals surface area contributed by atoms with E-state index in [0.717, 1.165) is 28.4 Å². The van der Waals surface area contributed by atoms with Crippen molar-refractivity contribution in [2.24, 2.45) is 16.8 Å². The van der Waals surface area contributed by atoms with Gasteiger partial charge in [-0.2, -0.15) is 0 Å². The number of nitrogens with two attached hydrogens (primary N) is 1. The summed E-state index contributed by atoms with van der Waals surface area (Å²) in [5.41, 5.74) is 7.95. The number of hydrogen-bond donors (Lipinski definition) is 2. The van der Waals surface area contributed by atoms with Crippen LogP contribution in [-0.2, 0) is 0 Å². The van der Waals surface area contributed by atoms with Gasteiger partial charge >= 0.3 is 0 Å². The van der Waals surface area contributed by atoms with Crippen LogP contribution in [0, 0.1) is 5.92 Å². The van der Waals surface area contributed by atoms with Crippen molar-refractivity contribution in [3.63, 3.8) is 0 Å². The molecule has 0 unspecified atom stereocenters. The van der Waals surface area contributed by atoms with Gasteiger partial charge in [-0.05, 0) is 36.6 Å². The number of benzene rings is 1. The van der Waals surface area contributed by atoms with Crippen LogP contribution < -0.4 is 10.6 Å². The van der Waals surface area contributed by atoms with Crippen LogP contribution >= 0.6 is 11.8 Å². The van der Waals surface area contributed by atoms with E-state index < -0.39 is 0 Å². The summed E-state index contributed by atoms with van der Waals surface area (Å²) < 4.78 is 0. The fourth-order valence-electron chi connectivity index (χ4n) is 2.57. The standard InChI is InChI=1S/C16H25N3OS/c1-4-21-14-7-5-6-13(15(14)16(17)18-20)19(10-11(2)3)12-8-9-12/h5-7,11-12,20H,4,8-10H2,1-3H3,(H2,17,18). The van der Waals surface area contributed by atoms with Gasteiger partial charge in [0.25, 0.3) is 0 Å². The Balaban J connectivity index is 2.47. The maximum Gasteiger partial charge on any atom is 0.173 e. The predicted molar refractivity (Wildman–Crippen MR) is 90.6 cm³/mol. The summed E-state index contributed by atoms with van der Waals surface area (Å²) in [5.74, 6) is 1.74. The number of anilines is 1. The molecule has 1 saturated carbocycles. The Hall–Kier alpha value is -1.36. The molecular formula is C16H25N3OS. The summed E-state index contributed by atoms with van der Waals surface area (Å²) in [6, 6.07) is 6.80. The average molecular weight is 307 g/mol. The molecule has 5 heteroatoms. The highest BCUT2D eigenvalue weighted by Crippen LogP contribution is 2.37. The third kappa shape index (κ3) is 3.84. The Kier molecular flexibility index (Phi) is 5.39. The van der Waals surface area contributed by atoms with Crippen molar-refractivity contribution in [2.45, 2.75) is 44.6 Å². The Morgan fingerprint density at radius 3 is 2.71 bits per heavy atom. The van der Waals surface area contributed by atoms with Gasteiger partial charge in [0.1, 0.15) is 0 Å². The zero-order valence-corrected chi connectivity index (χ0v) is 13.9. The van der Waals surface area contributed by atoms with Crippen molar-refractivity contribution < 1.29 is 5.21 Å². The summed E-state index contributed by atoms with van der Waals surface area (Å²) in [6.07, 6.45) is 2.46. The molecule has 1 aliphatic carbocycles. The molecule has 1 aromatic rings. The SMILES string of the molecule is CCSc1cccc(N(CC(C)C)C2CC2)c1/C(N)=N/O. The van der Waals surface area contributed by atoms with E-state index in [-0.39, 0.29) is 5.84 Å². The van der Waals surface area contributed by atoms with Crippen molar-refractivity contribution in [3.8, 4) is 0 Å². The molecule has 2 rings (SSSR count). The van der Waals surface area contributed by atoms with Crippen molar-refractivity contribution in [3.05, 3.63) is 23.8 Å². The molecule has 116 valence electrons. The van der Waals surface area contributed by atoms with Crippen LogP contribution in [0.5, 0.6) is 0 Å². The maximum absolute atomic E-state index is 9.16. The van der Waals surface area contributed by atoms with Gasteiger partial charge in [0.15, 0.2) is 5.84 Å². The largest absolute Gasteiger partial charge is 0.409 e. The highest BCUT2D eigenvalue weighted by atomic mass is 32.2. The van der Waals surface area contributed by atoms with Gasteiger partial charge in [0.05, 0.1) is 5.56 Å². The molecular weight excluding hydrogens is 282 g/mol. The fourth-order valence-corrected chi connectivity index (χ4v) is 3.41. The molecule has 21 heavy (non-hydrogen) atoms. The Morgan fingerprint density at radius 2 is 2.19 bits per heavy atom. The summed E-state index contributed by atoms with van der Waals surface area (Å²) >= 11 is 1.73. The van der Waals surface area contributed by atoms with Gasteiger partial charge in [-0.1, -0.05) is 32.0 Å². The molecule has 3 N–H and O–H groups in total. The molecule has 1 aliphatic rings. The zero-order valence-electron chi connectivity index (χ0n) is 13.0. The minimum atomic E-state index is 0.205. The lowest BCUT2D eigenvalue weighted by Crippen LogP contribution is -2.32. The van der Waals surface area contributed by atoms with E-state index in [9.17, 15) is 0 Å². The molecule has 0 aliphatic heterocycles. The molecule has 0 saturated heterocycles. The Labute approximate surface area is 131 Å². The molecule has 0 spiro atoms. The first kappa shape index (κ1) is 16.0. The molecule has 4 nitrogen and oxygen atoms in total. The second-order valence-electron chi connectivity index (χ2n) is 5.85. The van der Waals surface area contributed by atoms with Crippen molar-refractivity contribution in [2.75, 3.05) is 17.2 Å². The van der Waals surface area contributed by atoms with Crippen LogP contribution in [0.2, 0.25) is 0 Å².